The second-order valence-electron chi connectivity index (χ2n) is 10.2. The number of phenols is 3. The fraction of sp³-hybridized carbons (Fsp3) is 0.250. The number of hydrogen-bond acceptors (Lipinski definition) is 3. The van der Waals surface area contributed by atoms with Crippen LogP contribution in [0.25, 0.3) is 0 Å². The van der Waals surface area contributed by atoms with Gasteiger partial charge in [-0.1, -0.05) is 100 Å². The average molecular weight is 467 g/mol. The molecule has 0 saturated heterocycles. The fourth-order valence-corrected chi connectivity index (χ4v) is 5.39. The van der Waals surface area contributed by atoms with Crippen LogP contribution >= 0.6 is 0 Å². The van der Waals surface area contributed by atoms with Crippen molar-refractivity contribution in [1.29, 1.82) is 0 Å². The zero-order valence-corrected chi connectivity index (χ0v) is 21.1. The summed E-state index contributed by atoms with van der Waals surface area (Å²) < 4.78 is 0. The summed E-state index contributed by atoms with van der Waals surface area (Å²) in [5, 5.41) is 32.0. The predicted molar refractivity (Wildman–Crippen MR) is 142 cm³/mol. The maximum atomic E-state index is 11.0. The maximum absolute atomic E-state index is 11.0. The molecule has 3 heteroatoms. The first-order valence-electron chi connectivity index (χ1n) is 12.1. The minimum atomic E-state index is -0.755. The lowest BCUT2D eigenvalue weighted by Gasteiger charge is -2.40. The number of benzene rings is 4. The number of para-hydroxylation sites is 2. The highest BCUT2D eigenvalue weighted by Crippen LogP contribution is 2.51. The molecule has 0 saturated carbocycles. The zero-order valence-electron chi connectivity index (χ0n) is 21.1. The van der Waals surface area contributed by atoms with E-state index in [0.717, 1.165) is 33.4 Å². The van der Waals surface area contributed by atoms with Gasteiger partial charge in [0.1, 0.15) is 17.2 Å². The van der Waals surface area contributed by atoms with Crippen molar-refractivity contribution in [3.05, 3.63) is 124 Å². The van der Waals surface area contributed by atoms with E-state index in [1.807, 2.05) is 55.5 Å². The number of aromatic hydroxyl groups is 3. The first-order valence-corrected chi connectivity index (χ1v) is 12.1. The summed E-state index contributed by atoms with van der Waals surface area (Å²) in [7, 11) is 0. The molecule has 4 aromatic rings. The molecular weight excluding hydrogens is 432 g/mol. The van der Waals surface area contributed by atoms with Crippen LogP contribution in [0.5, 0.6) is 17.2 Å². The molecule has 0 spiro atoms. The molecule has 4 aromatic carbocycles. The van der Waals surface area contributed by atoms with Crippen LogP contribution in [0, 0.1) is 12.8 Å². The van der Waals surface area contributed by atoms with Gasteiger partial charge in [0.25, 0.3) is 0 Å². The van der Waals surface area contributed by atoms with Gasteiger partial charge in [0.15, 0.2) is 0 Å². The molecular formula is C32H34O3. The summed E-state index contributed by atoms with van der Waals surface area (Å²) in [6.45, 7) is 10.5. The minimum absolute atomic E-state index is 0.0303. The molecule has 0 radical (unpaired) electrons. The summed E-state index contributed by atoms with van der Waals surface area (Å²) in [5.74, 6) is 0.733. The third-order valence-corrected chi connectivity index (χ3v) is 7.50. The first kappa shape index (κ1) is 24.4. The van der Waals surface area contributed by atoms with E-state index in [4.69, 9.17) is 0 Å². The molecule has 0 unspecified atom stereocenters. The summed E-state index contributed by atoms with van der Waals surface area (Å²) in [5.41, 5.74) is 4.60. The van der Waals surface area contributed by atoms with E-state index in [9.17, 15) is 15.3 Å². The van der Waals surface area contributed by atoms with E-state index < -0.39 is 5.41 Å². The van der Waals surface area contributed by atoms with Crippen molar-refractivity contribution in [2.45, 2.75) is 45.4 Å². The molecule has 0 aliphatic heterocycles. The van der Waals surface area contributed by atoms with E-state index in [1.165, 1.54) is 0 Å². The Morgan fingerprint density at radius 1 is 0.571 bits per heavy atom. The van der Waals surface area contributed by atoms with Gasteiger partial charge in [-0.15, -0.1) is 0 Å². The van der Waals surface area contributed by atoms with E-state index >= 15 is 0 Å². The Balaban J connectivity index is 1.92. The van der Waals surface area contributed by atoms with Gasteiger partial charge < -0.3 is 15.3 Å². The topological polar surface area (TPSA) is 60.7 Å². The van der Waals surface area contributed by atoms with Gasteiger partial charge in [-0.25, -0.2) is 0 Å². The normalized spacial score (nSPS) is 12.2. The molecule has 0 fully saturated rings. The highest BCUT2D eigenvalue weighted by Gasteiger charge is 2.43. The Morgan fingerprint density at radius 3 is 1.49 bits per heavy atom. The Labute approximate surface area is 208 Å². The van der Waals surface area contributed by atoms with Crippen molar-refractivity contribution in [2.75, 3.05) is 0 Å². The van der Waals surface area contributed by atoms with E-state index in [-0.39, 0.29) is 22.8 Å². The number of aryl methyl sites for hydroxylation is 1. The molecule has 0 atom stereocenters. The van der Waals surface area contributed by atoms with Crippen LogP contribution in [0.3, 0.4) is 0 Å². The second kappa shape index (κ2) is 9.14. The van der Waals surface area contributed by atoms with Crippen LogP contribution in [0.4, 0.5) is 0 Å². The smallest absolute Gasteiger partial charge is 0.120 e. The first-order chi connectivity index (χ1) is 16.6. The summed E-state index contributed by atoms with van der Waals surface area (Å²) in [4.78, 5) is 0. The standard InChI is InChI=1S/C32H34O3/c1-21(2)32(26-10-6-8-12-29(26)34,27-11-7-9-13-30(27)35)24-16-14-23(15-17-24)31(4,5)25-18-19-28(33)22(3)20-25/h6-21,33-35H,1-5H3. The summed E-state index contributed by atoms with van der Waals surface area (Å²) >= 11 is 0. The van der Waals surface area contributed by atoms with Gasteiger partial charge in [-0.05, 0) is 53.3 Å². The van der Waals surface area contributed by atoms with Gasteiger partial charge >= 0.3 is 0 Å². The molecule has 35 heavy (non-hydrogen) atoms. The van der Waals surface area contributed by atoms with Crippen molar-refractivity contribution >= 4 is 0 Å². The average Bonchev–Trinajstić information content (AvgIpc) is 2.83. The molecule has 3 nitrogen and oxygen atoms in total. The van der Waals surface area contributed by atoms with Crippen LogP contribution in [0.1, 0.15) is 61.1 Å². The van der Waals surface area contributed by atoms with Gasteiger partial charge in [0.05, 0.1) is 5.41 Å². The number of phenolic OH excluding ortho intramolecular Hbond substituents is 3. The molecule has 4 rings (SSSR count). The highest BCUT2D eigenvalue weighted by atomic mass is 16.3. The summed E-state index contributed by atoms with van der Waals surface area (Å²) in [6, 6.07) is 29.0. The van der Waals surface area contributed by atoms with E-state index in [2.05, 4.69) is 52.0 Å². The van der Waals surface area contributed by atoms with Crippen LogP contribution in [0.15, 0.2) is 91.0 Å². The minimum Gasteiger partial charge on any atom is -0.508 e. The largest absolute Gasteiger partial charge is 0.508 e. The summed E-state index contributed by atoms with van der Waals surface area (Å²) in [6.07, 6.45) is 0. The van der Waals surface area contributed by atoms with Crippen LogP contribution in [0.2, 0.25) is 0 Å². The molecule has 3 N–H and O–H groups in total. The lowest BCUT2D eigenvalue weighted by Crippen LogP contribution is -2.35. The molecule has 0 bridgehead atoms. The zero-order chi connectivity index (χ0) is 25.4. The number of hydrogen-bond donors (Lipinski definition) is 3. The Hall–Kier alpha value is -3.72. The Kier molecular flexibility index (Phi) is 6.38. The Morgan fingerprint density at radius 2 is 1.03 bits per heavy atom. The van der Waals surface area contributed by atoms with Gasteiger partial charge in [0.2, 0.25) is 0 Å². The maximum Gasteiger partial charge on any atom is 0.120 e. The van der Waals surface area contributed by atoms with Crippen molar-refractivity contribution in [1.82, 2.24) is 0 Å². The lowest BCUT2D eigenvalue weighted by molar-refractivity contribution is 0.382. The third kappa shape index (κ3) is 4.05. The molecule has 0 aliphatic rings. The molecule has 0 amide bonds. The van der Waals surface area contributed by atoms with E-state index in [1.54, 1.807) is 18.2 Å². The van der Waals surface area contributed by atoms with Crippen molar-refractivity contribution < 1.29 is 15.3 Å². The molecule has 180 valence electrons. The predicted octanol–water partition coefficient (Wildman–Crippen LogP) is 7.43. The van der Waals surface area contributed by atoms with E-state index in [0.29, 0.717) is 5.75 Å². The molecule has 0 heterocycles. The highest BCUT2D eigenvalue weighted by molar-refractivity contribution is 5.59. The van der Waals surface area contributed by atoms with Gasteiger partial charge in [-0.3, -0.25) is 0 Å². The van der Waals surface area contributed by atoms with Crippen LogP contribution < -0.4 is 0 Å². The Bertz CT molecular complexity index is 1290. The van der Waals surface area contributed by atoms with Gasteiger partial charge in [-0.2, -0.15) is 0 Å². The second-order valence-corrected chi connectivity index (χ2v) is 10.2. The quantitative estimate of drug-likeness (QED) is 0.259. The molecule has 0 aromatic heterocycles. The van der Waals surface area contributed by atoms with Crippen LogP contribution in [-0.4, -0.2) is 15.3 Å². The van der Waals surface area contributed by atoms with Crippen molar-refractivity contribution in [3.8, 4) is 17.2 Å². The molecule has 0 aliphatic carbocycles. The lowest BCUT2D eigenvalue weighted by atomic mass is 9.62. The van der Waals surface area contributed by atoms with Crippen molar-refractivity contribution in [3.63, 3.8) is 0 Å². The third-order valence-electron chi connectivity index (χ3n) is 7.50. The van der Waals surface area contributed by atoms with Crippen LogP contribution in [-0.2, 0) is 10.8 Å². The number of rotatable bonds is 6. The van der Waals surface area contributed by atoms with Gasteiger partial charge in [0, 0.05) is 16.5 Å². The fourth-order valence-electron chi connectivity index (χ4n) is 5.39. The SMILES string of the molecule is Cc1cc(C(C)(C)c2ccc(C(c3ccccc3O)(c3ccccc3O)C(C)C)cc2)ccc1O. The monoisotopic (exact) mass is 466 g/mol. The van der Waals surface area contributed by atoms with Crippen molar-refractivity contribution in [2.24, 2.45) is 5.92 Å².